The first-order valence-corrected chi connectivity index (χ1v) is 5.68. The van der Waals surface area contributed by atoms with Gasteiger partial charge in [-0.15, -0.1) is 0 Å². The van der Waals surface area contributed by atoms with E-state index in [-0.39, 0.29) is 6.04 Å². The van der Waals surface area contributed by atoms with Gasteiger partial charge in [0.1, 0.15) is 11.5 Å². The highest BCUT2D eigenvalue weighted by atomic mass is 16.3. The second kappa shape index (κ2) is 7.01. The predicted octanol–water partition coefficient (Wildman–Crippen LogP) is 2.11. The third-order valence-electron chi connectivity index (χ3n) is 2.66. The summed E-state index contributed by atoms with van der Waals surface area (Å²) in [5, 5.41) is 11.6. The molecule has 0 amide bonds. The van der Waals surface area contributed by atoms with Crippen molar-refractivity contribution in [1.29, 1.82) is 0 Å². The van der Waals surface area contributed by atoms with Gasteiger partial charge in [-0.1, -0.05) is 24.6 Å². The van der Waals surface area contributed by atoms with Crippen molar-refractivity contribution in [2.75, 3.05) is 7.05 Å². The molecular formula is C13H19NO2. The molecule has 1 unspecified atom stereocenters. The number of phenolic OH excluding ortho intramolecular Hbond substituents is 1. The van der Waals surface area contributed by atoms with Gasteiger partial charge >= 0.3 is 0 Å². The molecule has 2 N–H and O–H groups in total. The van der Waals surface area contributed by atoms with Gasteiger partial charge in [0.05, 0.1) is 6.04 Å². The van der Waals surface area contributed by atoms with Gasteiger partial charge in [0, 0.05) is 6.42 Å². The molecule has 0 aliphatic heterocycles. The molecule has 2 rings (SSSR count). The number of phenols is 1. The van der Waals surface area contributed by atoms with Crippen molar-refractivity contribution in [3.63, 3.8) is 0 Å². The number of hydrogen-bond acceptors (Lipinski definition) is 3. The fourth-order valence-corrected chi connectivity index (χ4v) is 1.72. The van der Waals surface area contributed by atoms with Crippen LogP contribution in [-0.2, 0) is 4.79 Å². The maximum atomic E-state index is 11.0. The Balaban J connectivity index is 0.000000165. The van der Waals surface area contributed by atoms with Crippen LogP contribution in [0.5, 0.6) is 5.75 Å². The van der Waals surface area contributed by atoms with E-state index in [4.69, 9.17) is 5.11 Å². The molecule has 0 saturated heterocycles. The Morgan fingerprint density at radius 2 is 1.94 bits per heavy atom. The van der Waals surface area contributed by atoms with Crippen LogP contribution in [0, 0.1) is 0 Å². The molecular weight excluding hydrogens is 202 g/mol. The Morgan fingerprint density at radius 3 is 2.31 bits per heavy atom. The largest absolute Gasteiger partial charge is 0.508 e. The smallest absolute Gasteiger partial charge is 0.149 e. The summed E-state index contributed by atoms with van der Waals surface area (Å²) in [6, 6.07) is 8.88. The molecule has 1 saturated carbocycles. The number of Topliss-reactive ketones (excluding diaryl/α,β-unsaturated/α-hetero) is 1. The van der Waals surface area contributed by atoms with Crippen molar-refractivity contribution < 1.29 is 9.90 Å². The minimum atomic E-state index is 0.166. The summed E-state index contributed by atoms with van der Waals surface area (Å²) >= 11 is 0. The van der Waals surface area contributed by atoms with Crippen LogP contribution in [-0.4, -0.2) is 24.0 Å². The lowest BCUT2D eigenvalue weighted by Crippen LogP contribution is -2.36. The normalized spacial score (nSPS) is 19.8. The molecule has 0 radical (unpaired) electrons. The average molecular weight is 221 g/mol. The minimum Gasteiger partial charge on any atom is -0.508 e. The number of benzene rings is 1. The third-order valence-corrected chi connectivity index (χ3v) is 2.66. The van der Waals surface area contributed by atoms with Crippen molar-refractivity contribution in [2.24, 2.45) is 0 Å². The van der Waals surface area contributed by atoms with Crippen LogP contribution in [0.15, 0.2) is 30.3 Å². The summed E-state index contributed by atoms with van der Waals surface area (Å²) in [4.78, 5) is 11.0. The number of ketones is 1. The molecule has 88 valence electrons. The van der Waals surface area contributed by atoms with Gasteiger partial charge in [0.15, 0.2) is 0 Å². The van der Waals surface area contributed by atoms with E-state index in [1.165, 1.54) is 6.42 Å². The average Bonchev–Trinajstić information content (AvgIpc) is 2.31. The first-order chi connectivity index (χ1) is 7.74. The van der Waals surface area contributed by atoms with E-state index in [0.717, 1.165) is 19.3 Å². The summed E-state index contributed by atoms with van der Waals surface area (Å²) in [5.74, 6) is 0.714. The van der Waals surface area contributed by atoms with E-state index >= 15 is 0 Å². The zero-order valence-electron chi connectivity index (χ0n) is 9.65. The first kappa shape index (κ1) is 12.7. The predicted molar refractivity (Wildman–Crippen MR) is 64.4 cm³/mol. The molecule has 0 heterocycles. The van der Waals surface area contributed by atoms with Gasteiger partial charge in [-0.2, -0.15) is 0 Å². The lowest BCUT2D eigenvalue weighted by Gasteiger charge is -2.18. The summed E-state index contributed by atoms with van der Waals surface area (Å²) in [7, 11) is 1.86. The number of hydrogen-bond donors (Lipinski definition) is 2. The molecule has 1 fully saturated rings. The van der Waals surface area contributed by atoms with Crippen molar-refractivity contribution in [1.82, 2.24) is 5.32 Å². The molecule has 3 heteroatoms. The van der Waals surface area contributed by atoms with Crippen LogP contribution in [0.4, 0.5) is 0 Å². The van der Waals surface area contributed by atoms with Gasteiger partial charge < -0.3 is 10.4 Å². The van der Waals surface area contributed by atoms with E-state index in [2.05, 4.69) is 5.32 Å². The molecule has 1 aliphatic rings. The Kier molecular flexibility index (Phi) is 5.57. The van der Waals surface area contributed by atoms with Crippen molar-refractivity contribution >= 4 is 5.78 Å². The number of likely N-dealkylation sites (N-methyl/N-ethyl adjacent to an activating group) is 1. The number of carbonyl (C=O) groups is 1. The fourth-order valence-electron chi connectivity index (χ4n) is 1.72. The quantitative estimate of drug-likeness (QED) is 0.763. The van der Waals surface area contributed by atoms with Crippen LogP contribution in [0.2, 0.25) is 0 Å². The molecule has 0 bridgehead atoms. The molecule has 1 atom stereocenters. The molecule has 16 heavy (non-hydrogen) atoms. The first-order valence-electron chi connectivity index (χ1n) is 5.68. The lowest BCUT2D eigenvalue weighted by atomic mass is 9.94. The summed E-state index contributed by atoms with van der Waals surface area (Å²) in [5.41, 5.74) is 0. The number of aromatic hydroxyl groups is 1. The molecule has 0 aromatic heterocycles. The maximum absolute atomic E-state index is 11.0. The van der Waals surface area contributed by atoms with E-state index in [1.54, 1.807) is 24.3 Å². The molecule has 1 aromatic rings. The SMILES string of the molecule is CNC1CCCCC1=O.Oc1ccccc1. The van der Waals surface area contributed by atoms with Gasteiger partial charge in [-0.3, -0.25) is 4.79 Å². The van der Waals surface area contributed by atoms with Crippen LogP contribution in [0.1, 0.15) is 25.7 Å². The number of rotatable bonds is 1. The third kappa shape index (κ3) is 4.45. The highest BCUT2D eigenvalue weighted by Gasteiger charge is 2.19. The van der Waals surface area contributed by atoms with Gasteiger partial charge in [-0.05, 0) is 32.0 Å². The van der Waals surface area contributed by atoms with Crippen LogP contribution >= 0.6 is 0 Å². The number of para-hydroxylation sites is 1. The zero-order valence-corrected chi connectivity index (χ0v) is 9.65. The fraction of sp³-hybridized carbons (Fsp3) is 0.462. The monoisotopic (exact) mass is 221 g/mol. The number of nitrogens with one attached hydrogen (secondary N) is 1. The van der Waals surface area contributed by atoms with E-state index < -0.39 is 0 Å². The Hall–Kier alpha value is -1.35. The molecule has 1 aliphatic carbocycles. The number of carbonyl (C=O) groups excluding carboxylic acids is 1. The van der Waals surface area contributed by atoms with Gasteiger partial charge in [0.2, 0.25) is 0 Å². The Morgan fingerprint density at radius 1 is 1.25 bits per heavy atom. The lowest BCUT2D eigenvalue weighted by molar-refractivity contribution is -0.122. The van der Waals surface area contributed by atoms with Crippen LogP contribution < -0.4 is 5.32 Å². The van der Waals surface area contributed by atoms with Crippen molar-refractivity contribution in [3.05, 3.63) is 30.3 Å². The topological polar surface area (TPSA) is 49.3 Å². The Bertz CT molecular complexity index is 311. The van der Waals surface area contributed by atoms with Gasteiger partial charge in [-0.25, -0.2) is 0 Å². The van der Waals surface area contributed by atoms with E-state index in [1.807, 2.05) is 13.1 Å². The van der Waals surface area contributed by atoms with Crippen molar-refractivity contribution in [3.8, 4) is 5.75 Å². The second-order valence-electron chi connectivity index (χ2n) is 3.89. The Labute approximate surface area is 96.5 Å². The highest BCUT2D eigenvalue weighted by molar-refractivity contribution is 5.84. The minimum absolute atomic E-state index is 0.166. The van der Waals surface area contributed by atoms with Crippen molar-refractivity contribution in [2.45, 2.75) is 31.7 Å². The summed E-state index contributed by atoms with van der Waals surface area (Å²) < 4.78 is 0. The maximum Gasteiger partial charge on any atom is 0.149 e. The molecule has 3 nitrogen and oxygen atoms in total. The molecule has 1 aromatic carbocycles. The van der Waals surface area contributed by atoms with Crippen LogP contribution in [0.3, 0.4) is 0 Å². The van der Waals surface area contributed by atoms with E-state index in [0.29, 0.717) is 11.5 Å². The zero-order chi connectivity index (χ0) is 11.8. The van der Waals surface area contributed by atoms with Gasteiger partial charge in [0.25, 0.3) is 0 Å². The highest BCUT2D eigenvalue weighted by Crippen LogP contribution is 2.13. The standard InChI is InChI=1S/C7H13NO.C6H6O/c1-8-6-4-2-3-5-7(6)9;7-6-4-2-1-3-5-6/h6,8H,2-5H2,1H3;1-5,7H. The second-order valence-corrected chi connectivity index (χ2v) is 3.89. The van der Waals surface area contributed by atoms with E-state index in [9.17, 15) is 4.79 Å². The van der Waals surface area contributed by atoms with Crippen LogP contribution in [0.25, 0.3) is 0 Å². The molecule has 0 spiro atoms. The summed E-state index contributed by atoms with van der Waals surface area (Å²) in [6.07, 6.45) is 4.12. The summed E-state index contributed by atoms with van der Waals surface area (Å²) in [6.45, 7) is 0.